The number of phenols is 1. The third kappa shape index (κ3) is 3.88. The summed E-state index contributed by atoms with van der Waals surface area (Å²) >= 11 is 0. The fourth-order valence-corrected chi connectivity index (χ4v) is 5.81. The van der Waals surface area contributed by atoms with Crippen molar-refractivity contribution in [1.29, 1.82) is 0 Å². The molecular formula is C35H21N3O6. The highest BCUT2D eigenvalue weighted by Gasteiger charge is 2.38. The molecule has 0 aliphatic heterocycles. The van der Waals surface area contributed by atoms with Crippen molar-refractivity contribution in [2.45, 2.75) is 0 Å². The number of ketones is 4. The lowest BCUT2D eigenvalue weighted by Crippen LogP contribution is -2.33. The molecule has 0 atom stereocenters. The Morgan fingerprint density at radius 2 is 0.977 bits per heavy atom. The number of phenolic OH excluding ortho intramolecular Hbond substituents is 1. The Labute approximate surface area is 250 Å². The van der Waals surface area contributed by atoms with E-state index in [0.29, 0.717) is 5.56 Å². The van der Waals surface area contributed by atoms with Crippen molar-refractivity contribution in [1.82, 2.24) is 0 Å². The highest BCUT2D eigenvalue weighted by atomic mass is 16.3. The second-order valence-corrected chi connectivity index (χ2v) is 10.3. The van der Waals surface area contributed by atoms with E-state index in [4.69, 9.17) is 5.84 Å². The molecule has 0 saturated heterocycles. The molecule has 0 fully saturated rings. The molecule has 0 unspecified atom stereocenters. The lowest BCUT2D eigenvalue weighted by atomic mass is 9.81. The van der Waals surface area contributed by atoms with Crippen LogP contribution in [0.1, 0.15) is 74.0 Å². The molecular weight excluding hydrogens is 558 g/mol. The number of amides is 1. The van der Waals surface area contributed by atoms with Gasteiger partial charge >= 0.3 is 0 Å². The van der Waals surface area contributed by atoms with Crippen LogP contribution in [-0.4, -0.2) is 34.1 Å². The smallest absolute Gasteiger partial charge is 0.255 e. The van der Waals surface area contributed by atoms with Crippen molar-refractivity contribution in [2.24, 2.45) is 5.84 Å². The fraction of sp³-hybridized carbons (Fsp3) is 0. The Hall–Kier alpha value is -6.19. The number of nitrogens with zero attached hydrogens (tertiary/aromatic N) is 1. The normalized spacial score (nSPS) is 13.0. The van der Waals surface area contributed by atoms with Gasteiger partial charge in [0.2, 0.25) is 0 Å². The van der Waals surface area contributed by atoms with Gasteiger partial charge < -0.3 is 10.4 Å². The topological polar surface area (TPSA) is 147 Å². The molecule has 7 rings (SSSR count). The lowest BCUT2D eigenvalue weighted by Gasteiger charge is -2.30. The average molecular weight is 580 g/mol. The zero-order valence-electron chi connectivity index (χ0n) is 22.8. The zero-order chi connectivity index (χ0) is 30.7. The Morgan fingerprint density at radius 1 is 0.545 bits per heavy atom. The lowest BCUT2D eigenvalue weighted by molar-refractivity contribution is 0.0977. The van der Waals surface area contributed by atoms with Crippen LogP contribution in [0.5, 0.6) is 5.75 Å². The van der Waals surface area contributed by atoms with Gasteiger partial charge in [0.15, 0.2) is 23.1 Å². The van der Waals surface area contributed by atoms with E-state index >= 15 is 0 Å². The van der Waals surface area contributed by atoms with E-state index in [1.54, 1.807) is 54.6 Å². The summed E-state index contributed by atoms with van der Waals surface area (Å²) in [6, 6.07) is 26.5. The van der Waals surface area contributed by atoms with Gasteiger partial charge in [-0.1, -0.05) is 66.7 Å². The van der Waals surface area contributed by atoms with Crippen molar-refractivity contribution in [3.63, 3.8) is 0 Å². The number of hydrogen-bond donors (Lipinski definition) is 3. The van der Waals surface area contributed by atoms with Crippen molar-refractivity contribution < 1.29 is 29.1 Å². The summed E-state index contributed by atoms with van der Waals surface area (Å²) in [6.07, 6.45) is 0. The minimum Gasteiger partial charge on any atom is -0.507 e. The molecule has 4 N–H and O–H groups in total. The standard InChI is InChI=1S/C35H21N3O6/c36-38(25-16-17-26(39)30-29(25)33(42)21-12-6-7-13-22(21)34(30)43)24-15-14-23(37-35(44)18-8-2-1-3-9-18)27-28(24)32(41)20-11-5-4-10-19(20)31(27)40/h1-17,39H,36H2,(H,37,44). The molecule has 0 heterocycles. The molecule has 9 nitrogen and oxygen atoms in total. The molecule has 2 aliphatic rings. The largest absolute Gasteiger partial charge is 0.507 e. The van der Waals surface area contributed by atoms with Crippen molar-refractivity contribution in [2.75, 3.05) is 10.3 Å². The number of benzene rings is 5. The Bertz CT molecular complexity index is 2120. The van der Waals surface area contributed by atoms with Gasteiger partial charge in [0.25, 0.3) is 5.91 Å². The Kier molecular flexibility index (Phi) is 6.05. The molecule has 5 aromatic carbocycles. The molecule has 0 saturated carbocycles. The maximum atomic E-state index is 14.0. The van der Waals surface area contributed by atoms with Crippen LogP contribution in [0.4, 0.5) is 17.1 Å². The van der Waals surface area contributed by atoms with Gasteiger partial charge in [-0.2, -0.15) is 0 Å². The highest BCUT2D eigenvalue weighted by molar-refractivity contribution is 6.34. The molecule has 0 spiro atoms. The molecule has 212 valence electrons. The minimum absolute atomic E-state index is 0.0352. The maximum Gasteiger partial charge on any atom is 0.255 e. The molecule has 0 aromatic heterocycles. The predicted octanol–water partition coefficient (Wildman–Crippen LogP) is 5.21. The van der Waals surface area contributed by atoms with E-state index in [-0.39, 0.29) is 61.6 Å². The summed E-state index contributed by atoms with van der Waals surface area (Å²) in [7, 11) is 0. The first-order valence-electron chi connectivity index (χ1n) is 13.6. The van der Waals surface area contributed by atoms with Gasteiger partial charge in [0.1, 0.15) is 5.75 Å². The van der Waals surface area contributed by atoms with Gasteiger partial charge in [0, 0.05) is 27.8 Å². The number of anilines is 3. The Balaban J connectivity index is 1.42. The fourth-order valence-electron chi connectivity index (χ4n) is 5.81. The van der Waals surface area contributed by atoms with Gasteiger partial charge in [0.05, 0.1) is 39.3 Å². The first-order valence-corrected chi connectivity index (χ1v) is 13.6. The van der Waals surface area contributed by atoms with Gasteiger partial charge in [-0.15, -0.1) is 0 Å². The van der Waals surface area contributed by atoms with Crippen LogP contribution < -0.4 is 16.2 Å². The van der Waals surface area contributed by atoms with Crippen LogP contribution in [0.2, 0.25) is 0 Å². The van der Waals surface area contributed by atoms with Crippen LogP contribution in [0.3, 0.4) is 0 Å². The van der Waals surface area contributed by atoms with Crippen LogP contribution in [-0.2, 0) is 0 Å². The minimum atomic E-state index is -0.552. The summed E-state index contributed by atoms with van der Waals surface area (Å²) in [5.41, 5.74) is 0.652. The van der Waals surface area contributed by atoms with E-state index in [1.165, 1.54) is 48.5 Å². The summed E-state index contributed by atoms with van der Waals surface area (Å²) in [4.78, 5) is 68.2. The number of carbonyl (C=O) groups excluding carboxylic acids is 5. The van der Waals surface area contributed by atoms with Crippen LogP contribution in [0.15, 0.2) is 103 Å². The Morgan fingerprint density at radius 3 is 1.52 bits per heavy atom. The predicted molar refractivity (Wildman–Crippen MR) is 162 cm³/mol. The van der Waals surface area contributed by atoms with Crippen LogP contribution >= 0.6 is 0 Å². The quantitative estimate of drug-likeness (QED) is 0.190. The average Bonchev–Trinajstić information content (AvgIpc) is 3.06. The zero-order valence-corrected chi connectivity index (χ0v) is 22.8. The molecule has 9 heteroatoms. The van der Waals surface area contributed by atoms with Crippen molar-refractivity contribution in [3.8, 4) is 5.75 Å². The maximum absolute atomic E-state index is 14.0. The van der Waals surface area contributed by atoms with Crippen LogP contribution in [0, 0.1) is 0 Å². The molecule has 5 aromatic rings. The number of nitrogens with one attached hydrogen (secondary N) is 1. The second kappa shape index (κ2) is 9.97. The number of hydrazine groups is 1. The number of carbonyl (C=O) groups is 5. The monoisotopic (exact) mass is 579 g/mol. The summed E-state index contributed by atoms with van der Waals surface area (Å²) < 4.78 is 0. The number of nitrogens with two attached hydrogens (primary N) is 1. The highest BCUT2D eigenvalue weighted by Crippen LogP contribution is 2.43. The molecule has 0 bridgehead atoms. The number of hydrogen-bond acceptors (Lipinski definition) is 8. The summed E-state index contributed by atoms with van der Waals surface area (Å²) in [5.74, 6) is 3.66. The molecule has 2 aliphatic carbocycles. The molecule has 0 radical (unpaired) electrons. The van der Waals surface area contributed by atoms with Gasteiger partial charge in [-0.3, -0.25) is 29.0 Å². The first-order chi connectivity index (χ1) is 21.3. The number of rotatable bonds is 4. The third-order valence-corrected chi connectivity index (χ3v) is 7.89. The van der Waals surface area contributed by atoms with E-state index in [2.05, 4.69) is 5.32 Å². The van der Waals surface area contributed by atoms with Gasteiger partial charge in [-0.25, -0.2) is 5.84 Å². The molecule has 1 amide bonds. The number of fused-ring (bicyclic) bond motifs is 4. The molecule has 44 heavy (non-hydrogen) atoms. The van der Waals surface area contributed by atoms with E-state index < -0.39 is 34.8 Å². The van der Waals surface area contributed by atoms with E-state index in [9.17, 15) is 29.1 Å². The SMILES string of the molecule is NN(c1ccc(O)c2c1C(=O)c1ccccc1C2=O)c1ccc(NC(=O)c2ccccc2)c2c1C(=O)c1ccccc1C2=O. The summed E-state index contributed by atoms with van der Waals surface area (Å²) in [5, 5.41) is 14.5. The second-order valence-electron chi connectivity index (χ2n) is 10.3. The number of aromatic hydroxyl groups is 1. The van der Waals surface area contributed by atoms with E-state index in [0.717, 1.165) is 5.01 Å². The van der Waals surface area contributed by atoms with Gasteiger partial charge in [-0.05, 0) is 36.4 Å². The van der Waals surface area contributed by atoms with E-state index in [1.807, 2.05) is 0 Å². The van der Waals surface area contributed by atoms with Crippen LogP contribution in [0.25, 0.3) is 0 Å². The van der Waals surface area contributed by atoms with Crippen molar-refractivity contribution in [3.05, 3.63) is 153 Å². The first kappa shape index (κ1) is 26.7. The summed E-state index contributed by atoms with van der Waals surface area (Å²) in [6.45, 7) is 0. The van der Waals surface area contributed by atoms with Crippen molar-refractivity contribution >= 4 is 46.1 Å². The third-order valence-electron chi connectivity index (χ3n) is 7.89.